The van der Waals surface area contributed by atoms with Gasteiger partial charge in [-0.05, 0) is 24.3 Å². The Morgan fingerprint density at radius 1 is 1.08 bits per heavy atom. The van der Waals surface area contributed by atoms with E-state index in [0.717, 1.165) is 28.5 Å². The summed E-state index contributed by atoms with van der Waals surface area (Å²) >= 11 is 1.50. The Kier molecular flexibility index (Phi) is 4.70. The van der Waals surface area contributed by atoms with E-state index in [9.17, 15) is 0 Å². The summed E-state index contributed by atoms with van der Waals surface area (Å²) in [5.74, 6) is 2.12. The van der Waals surface area contributed by atoms with Gasteiger partial charge in [0.2, 0.25) is 5.16 Å². The Morgan fingerprint density at radius 2 is 1.88 bits per heavy atom. The molecular weight excluding hydrogens is 348 g/mol. The van der Waals surface area contributed by atoms with Crippen LogP contribution in [0.1, 0.15) is 5.76 Å². The van der Waals surface area contributed by atoms with Crippen molar-refractivity contribution < 1.29 is 9.26 Å². The zero-order chi connectivity index (χ0) is 17.8. The van der Waals surface area contributed by atoms with Gasteiger partial charge in [0.15, 0.2) is 0 Å². The third-order valence-electron chi connectivity index (χ3n) is 3.78. The van der Waals surface area contributed by atoms with Crippen molar-refractivity contribution in [2.24, 2.45) is 0 Å². The minimum absolute atomic E-state index is 0.598. The van der Waals surface area contributed by atoms with Crippen molar-refractivity contribution in [3.8, 4) is 22.7 Å². The molecule has 0 saturated heterocycles. The molecule has 4 aromatic rings. The van der Waals surface area contributed by atoms with Crippen molar-refractivity contribution in [1.29, 1.82) is 0 Å². The molecule has 2 aromatic heterocycles. The number of methoxy groups -OCH3 is 1. The molecule has 0 bridgehead atoms. The Morgan fingerprint density at radius 3 is 2.73 bits per heavy atom. The summed E-state index contributed by atoms with van der Waals surface area (Å²) in [7, 11) is 1.64. The molecule has 0 aliphatic rings. The van der Waals surface area contributed by atoms with Crippen LogP contribution in [0.25, 0.3) is 16.9 Å². The molecule has 0 fully saturated rings. The number of benzene rings is 2. The monoisotopic (exact) mass is 364 g/mol. The fourth-order valence-corrected chi connectivity index (χ4v) is 3.19. The lowest BCUT2D eigenvalue weighted by atomic mass is 10.1. The summed E-state index contributed by atoms with van der Waals surface area (Å²) in [5.41, 5.74) is 2.63. The van der Waals surface area contributed by atoms with Crippen LogP contribution >= 0.6 is 11.8 Å². The molecule has 0 radical (unpaired) electrons. The number of rotatable bonds is 6. The molecule has 0 aliphatic carbocycles. The number of hydrogen-bond donors (Lipinski definition) is 0. The van der Waals surface area contributed by atoms with E-state index >= 15 is 0 Å². The van der Waals surface area contributed by atoms with E-state index in [0.29, 0.717) is 10.9 Å². The summed E-state index contributed by atoms with van der Waals surface area (Å²) in [5, 5.41) is 9.30. The highest BCUT2D eigenvalue weighted by Crippen LogP contribution is 2.30. The van der Waals surface area contributed by atoms with Gasteiger partial charge in [-0.15, -0.1) is 5.10 Å². The third-order valence-corrected chi connectivity index (χ3v) is 4.65. The lowest BCUT2D eigenvalue weighted by Gasteiger charge is -2.03. The zero-order valence-electron chi connectivity index (χ0n) is 14.1. The second-order valence-corrected chi connectivity index (χ2v) is 6.42. The third kappa shape index (κ3) is 3.48. The largest absolute Gasteiger partial charge is 0.496 e. The number of nitrogens with zero attached hydrogens (tertiary/aromatic N) is 4. The standard InChI is InChI=1S/C19H16N4O2S/c1-24-18-10-6-5-9-16(18)17-11-15(25-22-17)12-26-19-20-13-23(21-19)14-7-3-2-4-8-14/h2-11,13H,12H2,1H3. The Bertz CT molecular complexity index is 997. The normalized spacial score (nSPS) is 10.8. The van der Waals surface area contributed by atoms with Crippen molar-refractivity contribution in [1.82, 2.24) is 19.9 Å². The molecule has 6 nitrogen and oxygen atoms in total. The van der Waals surface area contributed by atoms with Gasteiger partial charge in [0, 0.05) is 11.6 Å². The first-order valence-corrected chi connectivity index (χ1v) is 9.01. The maximum atomic E-state index is 5.44. The quantitative estimate of drug-likeness (QED) is 0.477. The van der Waals surface area contributed by atoms with Crippen molar-refractivity contribution >= 4 is 11.8 Å². The van der Waals surface area contributed by atoms with Gasteiger partial charge in [0.25, 0.3) is 0 Å². The number of aromatic nitrogens is 4. The minimum Gasteiger partial charge on any atom is -0.496 e. The first-order chi connectivity index (χ1) is 12.8. The van der Waals surface area contributed by atoms with E-state index in [1.54, 1.807) is 18.1 Å². The predicted molar refractivity (Wildman–Crippen MR) is 99.4 cm³/mol. The van der Waals surface area contributed by atoms with Gasteiger partial charge in [-0.3, -0.25) is 0 Å². The van der Waals surface area contributed by atoms with Crippen LogP contribution in [0, 0.1) is 0 Å². The molecule has 0 spiro atoms. The molecule has 2 aromatic carbocycles. The summed E-state index contributed by atoms with van der Waals surface area (Å²) in [6.07, 6.45) is 1.71. The fraction of sp³-hybridized carbons (Fsp3) is 0.105. The molecule has 0 N–H and O–H groups in total. The molecule has 26 heavy (non-hydrogen) atoms. The van der Waals surface area contributed by atoms with Gasteiger partial charge >= 0.3 is 0 Å². The van der Waals surface area contributed by atoms with Crippen LogP contribution < -0.4 is 4.74 Å². The lowest BCUT2D eigenvalue weighted by Crippen LogP contribution is -1.93. The summed E-state index contributed by atoms with van der Waals surface area (Å²) in [6, 6.07) is 19.5. The van der Waals surface area contributed by atoms with Gasteiger partial charge in [-0.25, -0.2) is 9.67 Å². The van der Waals surface area contributed by atoms with Gasteiger partial charge in [0.05, 0.1) is 18.6 Å². The summed E-state index contributed by atoms with van der Waals surface area (Å²) < 4.78 is 12.6. The minimum atomic E-state index is 0.598. The average Bonchev–Trinajstić information content (AvgIpc) is 3.36. The maximum absolute atomic E-state index is 5.44. The Hall–Kier alpha value is -3.06. The number of ether oxygens (including phenoxy) is 1. The first-order valence-electron chi connectivity index (χ1n) is 8.02. The van der Waals surface area contributed by atoms with Crippen molar-refractivity contribution in [2.75, 3.05) is 7.11 Å². The molecule has 0 amide bonds. The van der Waals surface area contributed by atoms with E-state index in [-0.39, 0.29) is 0 Å². The van der Waals surface area contributed by atoms with Crippen LogP contribution in [-0.4, -0.2) is 27.0 Å². The average molecular weight is 364 g/mol. The van der Waals surface area contributed by atoms with Crippen LogP contribution in [0.2, 0.25) is 0 Å². The van der Waals surface area contributed by atoms with Crippen molar-refractivity contribution in [3.05, 3.63) is 72.8 Å². The molecular formula is C19H16N4O2S. The van der Waals surface area contributed by atoms with Crippen LogP contribution in [0.4, 0.5) is 0 Å². The highest BCUT2D eigenvalue weighted by Gasteiger charge is 2.12. The summed E-state index contributed by atoms with van der Waals surface area (Å²) in [4.78, 5) is 4.33. The molecule has 0 aliphatic heterocycles. The predicted octanol–water partition coefficient (Wildman–Crippen LogP) is 4.22. The summed E-state index contributed by atoms with van der Waals surface area (Å²) in [6.45, 7) is 0. The lowest BCUT2D eigenvalue weighted by molar-refractivity contribution is 0.395. The van der Waals surface area contributed by atoms with E-state index in [4.69, 9.17) is 9.26 Å². The second kappa shape index (κ2) is 7.45. The van der Waals surface area contributed by atoms with Gasteiger partial charge in [-0.2, -0.15) is 0 Å². The van der Waals surface area contributed by atoms with Crippen LogP contribution in [0.5, 0.6) is 5.75 Å². The molecule has 7 heteroatoms. The second-order valence-electron chi connectivity index (χ2n) is 5.47. The van der Waals surface area contributed by atoms with E-state index in [1.807, 2.05) is 60.7 Å². The van der Waals surface area contributed by atoms with E-state index < -0.39 is 0 Å². The van der Waals surface area contributed by atoms with Gasteiger partial charge in [0.1, 0.15) is 23.5 Å². The number of para-hydroxylation sites is 2. The first kappa shape index (κ1) is 16.4. The number of hydrogen-bond acceptors (Lipinski definition) is 6. The molecule has 2 heterocycles. The van der Waals surface area contributed by atoms with Crippen LogP contribution in [0.15, 0.2) is 76.7 Å². The van der Waals surface area contributed by atoms with Crippen LogP contribution in [-0.2, 0) is 5.75 Å². The molecule has 0 saturated carbocycles. The topological polar surface area (TPSA) is 66.0 Å². The zero-order valence-corrected chi connectivity index (χ0v) is 14.9. The van der Waals surface area contributed by atoms with E-state index in [2.05, 4.69) is 15.2 Å². The Labute approximate surface area is 154 Å². The SMILES string of the molecule is COc1ccccc1-c1cc(CSc2ncn(-c3ccccc3)n2)on1. The molecule has 0 unspecified atom stereocenters. The molecule has 130 valence electrons. The molecule has 0 atom stereocenters. The Balaban J connectivity index is 1.45. The van der Waals surface area contributed by atoms with Crippen LogP contribution in [0.3, 0.4) is 0 Å². The van der Waals surface area contributed by atoms with Crippen molar-refractivity contribution in [2.45, 2.75) is 10.9 Å². The van der Waals surface area contributed by atoms with Gasteiger partial charge < -0.3 is 9.26 Å². The molecule has 4 rings (SSSR count). The van der Waals surface area contributed by atoms with Crippen molar-refractivity contribution in [3.63, 3.8) is 0 Å². The highest BCUT2D eigenvalue weighted by molar-refractivity contribution is 7.98. The van der Waals surface area contributed by atoms with Gasteiger partial charge in [-0.1, -0.05) is 47.3 Å². The highest BCUT2D eigenvalue weighted by atomic mass is 32.2. The fourth-order valence-electron chi connectivity index (χ4n) is 2.52. The maximum Gasteiger partial charge on any atom is 0.209 e. The van der Waals surface area contributed by atoms with E-state index in [1.165, 1.54) is 11.8 Å². The smallest absolute Gasteiger partial charge is 0.209 e. The number of thioether (sulfide) groups is 1.